The van der Waals surface area contributed by atoms with Gasteiger partial charge >= 0.3 is 0 Å². The molecule has 18 heavy (non-hydrogen) atoms. The quantitative estimate of drug-likeness (QED) is 0.893. The molecule has 0 bridgehead atoms. The monoisotopic (exact) mass is 283 g/mol. The number of carbonyl (C=O) groups excluding carboxylic acids is 1. The first-order valence-corrected chi connectivity index (χ1v) is 8.67. The van der Waals surface area contributed by atoms with Crippen molar-refractivity contribution in [2.75, 3.05) is 5.75 Å². The number of amides is 1. The molecule has 2 atom stereocenters. The predicted molar refractivity (Wildman–Crippen MR) is 80.0 cm³/mol. The van der Waals surface area contributed by atoms with Crippen LogP contribution < -0.4 is 5.32 Å². The molecule has 1 fully saturated rings. The second-order valence-electron chi connectivity index (χ2n) is 5.11. The van der Waals surface area contributed by atoms with Crippen LogP contribution in [0, 0.1) is 5.92 Å². The molecule has 1 saturated carbocycles. The third-order valence-electron chi connectivity index (χ3n) is 3.36. The molecule has 1 amide bonds. The standard InChI is InChI=1S/C14H21NOS2/c1-11-4-2-5-12(8-11)15-14(16)10-17-9-13-6-3-7-18-13/h3,6-7,11-12H,2,4-5,8-10H2,1H3,(H,15,16)/t11-,12+/m1/s1. The van der Waals surface area contributed by atoms with E-state index < -0.39 is 0 Å². The average Bonchev–Trinajstić information content (AvgIpc) is 2.82. The van der Waals surface area contributed by atoms with Gasteiger partial charge in [-0.05, 0) is 30.2 Å². The lowest BCUT2D eigenvalue weighted by Gasteiger charge is -2.27. The van der Waals surface area contributed by atoms with E-state index in [2.05, 4.69) is 29.8 Å². The molecule has 1 aliphatic rings. The fourth-order valence-electron chi connectivity index (χ4n) is 2.47. The van der Waals surface area contributed by atoms with Gasteiger partial charge in [-0.25, -0.2) is 0 Å². The summed E-state index contributed by atoms with van der Waals surface area (Å²) in [5.74, 6) is 2.51. The van der Waals surface area contributed by atoms with Gasteiger partial charge in [0.1, 0.15) is 0 Å². The molecule has 1 heterocycles. The van der Waals surface area contributed by atoms with Gasteiger partial charge in [-0.15, -0.1) is 23.1 Å². The van der Waals surface area contributed by atoms with E-state index in [9.17, 15) is 4.79 Å². The third kappa shape index (κ3) is 4.65. The Labute approximate surface area is 118 Å². The van der Waals surface area contributed by atoms with Crippen molar-refractivity contribution in [1.82, 2.24) is 5.32 Å². The Morgan fingerprint density at radius 3 is 3.17 bits per heavy atom. The van der Waals surface area contributed by atoms with E-state index in [0.717, 1.165) is 24.5 Å². The van der Waals surface area contributed by atoms with Crippen LogP contribution in [0.15, 0.2) is 17.5 Å². The van der Waals surface area contributed by atoms with Crippen LogP contribution in [0.2, 0.25) is 0 Å². The summed E-state index contributed by atoms with van der Waals surface area (Å²) >= 11 is 3.46. The molecule has 0 saturated heterocycles. The van der Waals surface area contributed by atoms with Gasteiger partial charge in [0.25, 0.3) is 0 Å². The highest BCUT2D eigenvalue weighted by atomic mass is 32.2. The normalized spacial score (nSPS) is 23.8. The summed E-state index contributed by atoms with van der Waals surface area (Å²) in [7, 11) is 0. The highest BCUT2D eigenvalue weighted by molar-refractivity contribution is 7.99. The van der Waals surface area contributed by atoms with Crippen LogP contribution in [0.1, 0.15) is 37.5 Å². The van der Waals surface area contributed by atoms with Gasteiger partial charge in [0.2, 0.25) is 5.91 Å². The number of thiophene rings is 1. The lowest BCUT2D eigenvalue weighted by Crippen LogP contribution is -2.38. The van der Waals surface area contributed by atoms with Gasteiger partial charge < -0.3 is 5.32 Å². The van der Waals surface area contributed by atoms with Crippen molar-refractivity contribution in [2.24, 2.45) is 5.92 Å². The molecule has 2 rings (SSSR count). The SMILES string of the molecule is C[C@@H]1CCC[C@H](NC(=O)CSCc2cccs2)C1. The first-order chi connectivity index (χ1) is 8.74. The minimum atomic E-state index is 0.204. The van der Waals surface area contributed by atoms with Gasteiger partial charge in [-0.1, -0.05) is 25.8 Å². The smallest absolute Gasteiger partial charge is 0.230 e. The van der Waals surface area contributed by atoms with Gasteiger partial charge in [-0.3, -0.25) is 4.79 Å². The highest BCUT2D eigenvalue weighted by Crippen LogP contribution is 2.23. The maximum Gasteiger partial charge on any atom is 0.230 e. The van der Waals surface area contributed by atoms with Crippen LogP contribution in [-0.4, -0.2) is 17.7 Å². The van der Waals surface area contributed by atoms with E-state index in [4.69, 9.17) is 0 Å². The molecular formula is C14H21NOS2. The molecule has 1 N–H and O–H groups in total. The van der Waals surface area contributed by atoms with Crippen molar-refractivity contribution in [3.8, 4) is 0 Å². The summed E-state index contributed by atoms with van der Waals surface area (Å²) in [6.45, 7) is 2.28. The van der Waals surface area contributed by atoms with Gasteiger partial charge in [0.15, 0.2) is 0 Å². The van der Waals surface area contributed by atoms with Gasteiger partial charge in [-0.2, -0.15) is 0 Å². The topological polar surface area (TPSA) is 29.1 Å². The maximum atomic E-state index is 11.8. The van der Waals surface area contributed by atoms with Crippen molar-refractivity contribution in [3.63, 3.8) is 0 Å². The summed E-state index contributed by atoms with van der Waals surface area (Å²) in [6, 6.07) is 4.60. The lowest BCUT2D eigenvalue weighted by atomic mass is 9.87. The zero-order valence-corrected chi connectivity index (χ0v) is 12.5. The molecule has 4 heteroatoms. The largest absolute Gasteiger partial charge is 0.353 e. The second kappa shape index (κ2) is 7.19. The first-order valence-electron chi connectivity index (χ1n) is 6.63. The van der Waals surface area contributed by atoms with Crippen LogP contribution in [0.5, 0.6) is 0 Å². The van der Waals surface area contributed by atoms with E-state index >= 15 is 0 Å². The molecule has 0 spiro atoms. The molecule has 0 unspecified atom stereocenters. The fourth-order valence-corrected chi connectivity index (χ4v) is 4.15. The summed E-state index contributed by atoms with van der Waals surface area (Å²) in [5.41, 5.74) is 0. The number of thioether (sulfide) groups is 1. The van der Waals surface area contributed by atoms with Gasteiger partial charge in [0, 0.05) is 16.7 Å². The summed E-state index contributed by atoms with van der Waals surface area (Å²) in [5, 5.41) is 5.26. The van der Waals surface area contributed by atoms with Crippen LogP contribution in [0.25, 0.3) is 0 Å². The number of nitrogens with one attached hydrogen (secondary N) is 1. The Kier molecular flexibility index (Phi) is 5.57. The molecule has 0 aromatic carbocycles. The second-order valence-corrected chi connectivity index (χ2v) is 7.13. The zero-order chi connectivity index (χ0) is 12.8. The molecule has 1 aromatic rings. The number of carbonyl (C=O) groups is 1. The Bertz CT molecular complexity index is 364. The summed E-state index contributed by atoms with van der Waals surface area (Å²) < 4.78 is 0. The summed E-state index contributed by atoms with van der Waals surface area (Å²) in [6.07, 6.45) is 4.89. The minimum absolute atomic E-state index is 0.204. The van der Waals surface area contributed by atoms with Crippen LogP contribution >= 0.6 is 23.1 Å². The number of rotatable bonds is 5. The van der Waals surface area contributed by atoms with E-state index in [-0.39, 0.29) is 5.91 Å². The van der Waals surface area contributed by atoms with E-state index in [1.165, 1.54) is 17.7 Å². The van der Waals surface area contributed by atoms with Crippen molar-refractivity contribution in [2.45, 2.75) is 44.4 Å². The Morgan fingerprint density at radius 1 is 1.56 bits per heavy atom. The molecule has 1 aromatic heterocycles. The van der Waals surface area contributed by atoms with Crippen LogP contribution in [0.3, 0.4) is 0 Å². The highest BCUT2D eigenvalue weighted by Gasteiger charge is 2.20. The van der Waals surface area contributed by atoms with Crippen LogP contribution in [0.4, 0.5) is 0 Å². The van der Waals surface area contributed by atoms with E-state index in [0.29, 0.717) is 11.8 Å². The van der Waals surface area contributed by atoms with Crippen molar-refractivity contribution >= 4 is 29.0 Å². The Balaban J connectivity index is 1.62. The van der Waals surface area contributed by atoms with Crippen LogP contribution in [-0.2, 0) is 10.5 Å². The Hall–Kier alpha value is -0.480. The average molecular weight is 283 g/mol. The molecule has 2 nitrogen and oxygen atoms in total. The number of hydrogen-bond acceptors (Lipinski definition) is 3. The van der Waals surface area contributed by atoms with Crippen molar-refractivity contribution < 1.29 is 4.79 Å². The molecule has 1 aliphatic carbocycles. The minimum Gasteiger partial charge on any atom is -0.353 e. The first kappa shape index (κ1) is 13.9. The number of hydrogen-bond donors (Lipinski definition) is 1. The van der Waals surface area contributed by atoms with E-state index in [1.807, 2.05) is 0 Å². The third-order valence-corrected chi connectivity index (χ3v) is 5.40. The summed E-state index contributed by atoms with van der Waals surface area (Å²) in [4.78, 5) is 13.2. The Morgan fingerprint density at radius 2 is 2.44 bits per heavy atom. The molecule has 0 aliphatic heterocycles. The van der Waals surface area contributed by atoms with Crippen molar-refractivity contribution in [1.29, 1.82) is 0 Å². The molecule has 100 valence electrons. The van der Waals surface area contributed by atoms with E-state index in [1.54, 1.807) is 23.1 Å². The van der Waals surface area contributed by atoms with Crippen molar-refractivity contribution in [3.05, 3.63) is 22.4 Å². The zero-order valence-electron chi connectivity index (χ0n) is 10.9. The predicted octanol–water partition coefficient (Wildman–Crippen LogP) is 3.68. The molecular weight excluding hydrogens is 262 g/mol. The molecule has 0 radical (unpaired) electrons. The lowest BCUT2D eigenvalue weighted by molar-refractivity contribution is -0.119. The fraction of sp³-hybridized carbons (Fsp3) is 0.643. The maximum absolute atomic E-state index is 11.8. The van der Waals surface area contributed by atoms with Gasteiger partial charge in [0.05, 0.1) is 5.75 Å².